The molecule has 1 aromatic rings. The summed E-state index contributed by atoms with van der Waals surface area (Å²) in [6, 6.07) is 6.59. The van der Waals surface area contributed by atoms with Crippen LogP contribution in [0.1, 0.15) is 18.9 Å². The van der Waals surface area contributed by atoms with Crippen molar-refractivity contribution in [3.63, 3.8) is 0 Å². The van der Waals surface area contributed by atoms with E-state index in [1.54, 1.807) is 12.1 Å². The SMILES string of the molecule is CC#CCCNCc1ccc(OC(F)F)cc1. The average molecular weight is 239 g/mol. The van der Waals surface area contributed by atoms with Crippen LogP contribution in [0.4, 0.5) is 8.78 Å². The van der Waals surface area contributed by atoms with Crippen LogP contribution in [0.5, 0.6) is 5.75 Å². The summed E-state index contributed by atoms with van der Waals surface area (Å²) in [4.78, 5) is 0. The third kappa shape index (κ3) is 5.88. The van der Waals surface area contributed by atoms with Gasteiger partial charge in [-0.15, -0.1) is 11.8 Å². The standard InChI is InChI=1S/C13H15F2NO/c1-2-3-4-9-16-10-11-5-7-12(8-6-11)17-13(14)15/h5-8,13,16H,4,9-10H2,1H3. The van der Waals surface area contributed by atoms with Gasteiger partial charge in [0.2, 0.25) is 0 Å². The number of nitrogens with one attached hydrogen (secondary N) is 1. The fourth-order valence-electron chi connectivity index (χ4n) is 1.30. The summed E-state index contributed by atoms with van der Waals surface area (Å²) in [6.07, 6.45) is 0.809. The molecule has 0 spiro atoms. The number of benzene rings is 1. The summed E-state index contributed by atoms with van der Waals surface area (Å²) in [6.45, 7) is 0.546. The maximum absolute atomic E-state index is 11.9. The lowest BCUT2D eigenvalue weighted by atomic mass is 10.2. The Kier molecular flexibility index (Phi) is 6.05. The molecule has 0 bridgehead atoms. The Morgan fingerprint density at radius 2 is 2.00 bits per heavy atom. The fraction of sp³-hybridized carbons (Fsp3) is 0.385. The van der Waals surface area contributed by atoms with Crippen LogP contribution in [-0.4, -0.2) is 13.2 Å². The monoisotopic (exact) mass is 239 g/mol. The molecule has 0 heterocycles. The van der Waals surface area contributed by atoms with Crippen molar-refractivity contribution in [2.75, 3.05) is 6.54 Å². The normalized spacial score (nSPS) is 9.88. The number of alkyl halides is 2. The Bertz CT molecular complexity index is 379. The molecule has 2 nitrogen and oxygen atoms in total. The van der Waals surface area contributed by atoms with Crippen LogP contribution < -0.4 is 10.1 Å². The van der Waals surface area contributed by atoms with E-state index in [2.05, 4.69) is 21.9 Å². The van der Waals surface area contributed by atoms with Gasteiger partial charge in [-0.3, -0.25) is 0 Å². The molecule has 0 atom stereocenters. The highest BCUT2D eigenvalue weighted by Crippen LogP contribution is 2.14. The van der Waals surface area contributed by atoms with Crippen molar-refractivity contribution in [1.29, 1.82) is 0 Å². The lowest BCUT2D eigenvalue weighted by Crippen LogP contribution is -2.14. The number of halogens is 2. The summed E-state index contributed by atoms with van der Waals surface area (Å²) >= 11 is 0. The third-order valence-electron chi connectivity index (χ3n) is 2.08. The highest BCUT2D eigenvalue weighted by Gasteiger charge is 2.03. The molecule has 1 aromatic carbocycles. The van der Waals surface area contributed by atoms with E-state index in [0.717, 1.165) is 18.5 Å². The van der Waals surface area contributed by atoms with Gasteiger partial charge in [0, 0.05) is 19.5 Å². The van der Waals surface area contributed by atoms with Gasteiger partial charge in [0.25, 0.3) is 0 Å². The van der Waals surface area contributed by atoms with Crippen LogP contribution >= 0.6 is 0 Å². The van der Waals surface area contributed by atoms with Crippen molar-refractivity contribution >= 4 is 0 Å². The van der Waals surface area contributed by atoms with E-state index < -0.39 is 6.61 Å². The van der Waals surface area contributed by atoms with E-state index in [9.17, 15) is 8.78 Å². The lowest BCUT2D eigenvalue weighted by Gasteiger charge is -2.06. The molecule has 0 aromatic heterocycles. The predicted octanol–water partition coefficient (Wildman–Crippen LogP) is 2.79. The largest absolute Gasteiger partial charge is 0.435 e. The molecule has 0 aliphatic heterocycles. The van der Waals surface area contributed by atoms with Crippen LogP contribution in [0.2, 0.25) is 0 Å². The Balaban J connectivity index is 2.31. The molecule has 0 fully saturated rings. The van der Waals surface area contributed by atoms with Crippen molar-refractivity contribution in [3.8, 4) is 17.6 Å². The van der Waals surface area contributed by atoms with Crippen molar-refractivity contribution in [1.82, 2.24) is 5.32 Å². The van der Waals surface area contributed by atoms with Crippen molar-refractivity contribution in [2.45, 2.75) is 26.5 Å². The summed E-state index contributed by atoms with van der Waals surface area (Å²) in [7, 11) is 0. The van der Waals surface area contributed by atoms with Gasteiger partial charge in [-0.2, -0.15) is 8.78 Å². The molecule has 1 rings (SSSR count). The maximum atomic E-state index is 11.9. The van der Waals surface area contributed by atoms with Gasteiger partial charge in [-0.1, -0.05) is 12.1 Å². The molecule has 4 heteroatoms. The topological polar surface area (TPSA) is 21.3 Å². The van der Waals surface area contributed by atoms with Crippen LogP contribution in [0.25, 0.3) is 0 Å². The lowest BCUT2D eigenvalue weighted by molar-refractivity contribution is -0.0498. The minimum Gasteiger partial charge on any atom is -0.435 e. The quantitative estimate of drug-likeness (QED) is 0.609. The van der Waals surface area contributed by atoms with E-state index in [1.807, 2.05) is 6.92 Å². The molecule has 0 aliphatic carbocycles. The summed E-state index contributed by atoms with van der Waals surface area (Å²) < 4.78 is 28.0. The molecule has 0 amide bonds. The molecular weight excluding hydrogens is 224 g/mol. The van der Waals surface area contributed by atoms with E-state index in [4.69, 9.17) is 0 Å². The van der Waals surface area contributed by atoms with E-state index >= 15 is 0 Å². The zero-order valence-electron chi connectivity index (χ0n) is 9.67. The summed E-state index contributed by atoms with van der Waals surface area (Å²) in [5.41, 5.74) is 1.02. The molecule has 0 radical (unpaired) electrons. The Hall–Kier alpha value is -1.60. The first-order valence-electron chi connectivity index (χ1n) is 5.36. The first-order valence-corrected chi connectivity index (χ1v) is 5.36. The molecule has 17 heavy (non-hydrogen) atoms. The molecule has 0 saturated carbocycles. The smallest absolute Gasteiger partial charge is 0.387 e. The molecule has 1 N–H and O–H groups in total. The highest BCUT2D eigenvalue weighted by molar-refractivity contribution is 5.27. The Labute approximate surface area is 100.0 Å². The zero-order valence-corrected chi connectivity index (χ0v) is 9.67. The second kappa shape index (κ2) is 7.64. The predicted molar refractivity (Wildman–Crippen MR) is 62.8 cm³/mol. The van der Waals surface area contributed by atoms with Crippen LogP contribution in [0.15, 0.2) is 24.3 Å². The van der Waals surface area contributed by atoms with E-state index in [-0.39, 0.29) is 5.75 Å². The minimum absolute atomic E-state index is 0.181. The van der Waals surface area contributed by atoms with Gasteiger partial charge in [0.15, 0.2) is 0 Å². The number of rotatable bonds is 6. The second-order valence-corrected chi connectivity index (χ2v) is 3.38. The maximum Gasteiger partial charge on any atom is 0.387 e. The van der Waals surface area contributed by atoms with Gasteiger partial charge in [-0.05, 0) is 24.6 Å². The average Bonchev–Trinajstić information content (AvgIpc) is 2.30. The summed E-state index contributed by atoms with van der Waals surface area (Å²) in [5.74, 6) is 5.94. The van der Waals surface area contributed by atoms with Gasteiger partial charge in [0.05, 0.1) is 0 Å². The molecule has 0 aliphatic rings. The Morgan fingerprint density at radius 1 is 1.29 bits per heavy atom. The fourth-order valence-corrected chi connectivity index (χ4v) is 1.30. The van der Waals surface area contributed by atoms with Gasteiger partial charge < -0.3 is 10.1 Å². The van der Waals surface area contributed by atoms with Gasteiger partial charge in [-0.25, -0.2) is 0 Å². The highest BCUT2D eigenvalue weighted by atomic mass is 19.3. The number of hydrogen-bond acceptors (Lipinski definition) is 2. The van der Waals surface area contributed by atoms with Gasteiger partial charge in [0.1, 0.15) is 5.75 Å². The second-order valence-electron chi connectivity index (χ2n) is 3.38. The molecule has 92 valence electrons. The minimum atomic E-state index is -2.77. The van der Waals surface area contributed by atoms with Crippen LogP contribution in [0, 0.1) is 11.8 Å². The van der Waals surface area contributed by atoms with E-state index in [0.29, 0.717) is 6.54 Å². The zero-order chi connectivity index (χ0) is 12.5. The number of ether oxygens (including phenoxy) is 1. The first-order chi connectivity index (χ1) is 8.22. The van der Waals surface area contributed by atoms with Gasteiger partial charge >= 0.3 is 6.61 Å². The molecule has 0 unspecified atom stereocenters. The van der Waals surface area contributed by atoms with Crippen LogP contribution in [0.3, 0.4) is 0 Å². The number of hydrogen-bond donors (Lipinski definition) is 1. The van der Waals surface area contributed by atoms with Crippen LogP contribution in [-0.2, 0) is 6.54 Å². The first kappa shape index (κ1) is 13.5. The van der Waals surface area contributed by atoms with Crippen molar-refractivity contribution < 1.29 is 13.5 Å². The van der Waals surface area contributed by atoms with Crippen molar-refractivity contribution in [3.05, 3.63) is 29.8 Å². The third-order valence-corrected chi connectivity index (χ3v) is 2.08. The molecular formula is C13H15F2NO. The molecule has 0 saturated heterocycles. The van der Waals surface area contributed by atoms with Crippen molar-refractivity contribution in [2.24, 2.45) is 0 Å². The summed E-state index contributed by atoms with van der Waals surface area (Å²) in [5, 5.41) is 3.21. The Morgan fingerprint density at radius 3 is 2.59 bits per heavy atom. The van der Waals surface area contributed by atoms with E-state index in [1.165, 1.54) is 12.1 Å².